The van der Waals surface area contributed by atoms with Gasteiger partial charge in [0.25, 0.3) is 0 Å². The minimum absolute atomic E-state index is 0.440. The Morgan fingerprint density at radius 3 is 2.68 bits per heavy atom. The van der Waals surface area contributed by atoms with Gasteiger partial charge in [0.2, 0.25) is 0 Å². The van der Waals surface area contributed by atoms with Crippen LogP contribution in [0.5, 0.6) is 0 Å². The zero-order valence-electron chi connectivity index (χ0n) is 10.7. The molecule has 1 aliphatic rings. The van der Waals surface area contributed by atoms with Gasteiger partial charge in [0, 0.05) is 17.5 Å². The first-order chi connectivity index (χ1) is 8.99. The molecule has 0 aromatic carbocycles. The molecule has 2 nitrogen and oxygen atoms in total. The minimum Gasteiger partial charge on any atom is -0.317 e. The number of aromatic nitrogens is 1. The molecule has 1 heterocycles. The predicted molar refractivity (Wildman–Crippen MR) is 70.2 cm³/mol. The van der Waals surface area contributed by atoms with Crippen molar-refractivity contribution in [2.75, 3.05) is 7.05 Å². The van der Waals surface area contributed by atoms with Crippen molar-refractivity contribution in [3.63, 3.8) is 0 Å². The van der Waals surface area contributed by atoms with Crippen LogP contribution in [0.4, 0.5) is 13.2 Å². The number of nitrogens with zero attached hydrogens (tertiary/aromatic N) is 1. The lowest BCUT2D eigenvalue weighted by Crippen LogP contribution is -2.32. The van der Waals surface area contributed by atoms with Crippen LogP contribution in [0.3, 0.4) is 0 Å². The van der Waals surface area contributed by atoms with Gasteiger partial charge in [-0.1, -0.05) is 6.42 Å². The first-order valence-electron chi connectivity index (χ1n) is 6.36. The summed E-state index contributed by atoms with van der Waals surface area (Å²) in [5.41, 5.74) is -0.686. The van der Waals surface area contributed by atoms with Gasteiger partial charge in [0.1, 0.15) is 0 Å². The molecule has 0 bridgehead atoms. The van der Waals surface area contributed by atoms with Crippen molar-refractivity contribution in [3.05, 3.63) is 23.9 Å². The summed E-state index contributed by atoms with van der Waals surface area (Å²) in [5, 5.41) is 4.38. The molecule has 19 heavy (non-hydrogen) atoms. The maximum Gasteiger partial charge on any atom is 0.417 e. The van der Waals surface area contributed by atoms with Crippen LogP contribution in [-0.4, -0.2) is 23.3 Å². The number of halogens is 3. The van der Waals surface area contributed by atoms with Crippen molar-refractivity contribution >= 4 is 11.8 Å². The lowest BCUT2D eigenvalue weighted by molar-refractivity contribution is -0.137. The summed E-state index contributed by atoms with van der Waals surface area (Å²) in [4.78, 5) is 3.91. The van der Waals surface area contributed by atoms with Gasteiger partial charge in [0.15, 0.2) is 0 Å². The Bertz CT molecular complexity index is 405. The van der Waals surface area contributed by atoms with E-state index in [1.807, 2.05) is 7.05 Å². The number of pyridine rings is 1. The quantitative estimate of drug-likeness (QED) is 0.918. The molecule has 0 radical (unpaired) electrons. The first kappa shape index (κ1) is 14.7. The van der Waals surface area contributed by atoms with E-state index in [0.717, 1.165) is 31.5 Å². The molecule has 1 aliphatic carbocycles. The predicted octanol–water partition coefficient (Wildman–Crippen LogP) is 3.72. The third-order valence-electron chi connectivity index (χ3n) is 3.39. The fourth-order valence-corrected chi connectivity index (χ4v) is 3.52. The van der Waals surface area contributed by atoms with E-state index < -0.39 is 11.7 Å². The topological polar surface area (TPSA) is 24.9 Å². The van der Waals surface area contributed by atoms with Crippen LogP contribution in [0.25, 0.3) is 0 Å². The van der Waals surface area contributed by atoms with E-state index in [9.17, 15) is 13.2 Å². The van der Waals surface area contributed by atoms with Gasteiger partial charge in [0.05, 0.1) is 10.6 Å². The highest BCUT2D eigenvalue weighted by atomic mass is 32.2. The highest BCUT2D eigenvalue weighted by molar-refractivity contribution is 7.99. The van der Waals surface area contributed by atoms with Crippen molar-refractivity contribution in [2.45, 2.75) is 48.2 Å². The second-order valence-corrected chi connectivity index (χ2v) is 6.10. The molecular weight excluding hydrogens is 273 g/mol. The van der Waals surface area contributed by atoms with Gasteiger partial charge in [-0.25, -0.2) is 4.98 Å². The van der Waals surface area contributed by atoms with Crippen LogP contribution in [0.2, 0.25) is 0 Å². The van der Waals surface area contributed by atoms with Crippen molar-refractivity contribution < 1.29 is 13.2 Å². The Morgan fingerprint density at radius 2 is 2.11 bits per heavy atom. The molecule has 2 rings (SSSR count). The van der Waals surface area contributed by atoms with E-state index in [4.69, 9.17) is 0 Å². The third-order valence-corrected chi connectivity index (χ3v) is 4.63. The summed E-state index contributed by atoms with van der Waals surface area (Å²) in [6.07, 6.45) is 1.09. The van der Waals surface area contributed by atoms with E-state index in [1.54, 1.807) is 11.8 Å². The van der Waals surface area contributed by atoms with Crippen molar-refractivity contribution in [1.29, 1.82) is 0 Å². The number of alkyl halides is 3. The van der Waals surface area contributed by atoms with Gasteiger partial charge in [-0.15, -0.1) is 11.8 Å². The van der Waals surface area contributed by atoms with E-state index in [0.29, 0.717) is 16.3 Å². The molecule has 0 spiro atoms. The van der Waals surface area contributed by atoms with E-state index in [-0.39, 0.29) is 0 Å². The van der Waals surface area contributed by atoms with Crippen LogP contribution in [0.15, 0.2) is 23.4 Å². The Balaban J connectivity index is 1.96. The van der Waals surface area contributed by atoms with Crippen LogP contribution in [-0.2, 0) is 6.18 Å². The number of hydrogen-bond donors (Lipinski definition) is 1. The number of hydrogen-bond acceptors (Lipinski definition) is 3. The average Bonchev–Trinajstić information content (AvgIpc) is 2.38. The summed E-state index contributed by atoms with van der Waals surface area (Å²) in [7, 11) is 1.95. The molecule has 1 N–H and O–H groups in total. The zero-order chi connectivity index (χ0) is 13.9. The Labute approximate surface area is 115 Å². The molecule has 0 amide bonds. The summed E-state index contributed by atoms with van der Waals surface area (Å²) in [6, 6.07) is 3.09. The zero-order valence-corrected chi connectivity index (χ0v) is 11.5. The third kappa shape index (κ3) is 4.11. The monoisotopic (exact) mass is 290 g/mol. The maximum absolute atomic E-state index is 12.4. The first-order valence-corrected chi connectivity index (χ1v) is 7.24. The fraction of sp³-hybridized carbons (Fsp3) is 0.615. The van der Waals surface area contributed by atoms with E-state index in [1.165, 1.54) is 12.5 Å². The second kappa shape index (κ2) is 6.13. The van der Waals surface area contributed by atoms with Crippen molar-refractivity contribution in [3.8, 4) is 0 Å². The van der Waals surface area contributed by atoms with Crippen LogP contribution >= 0.6 is 11.8 Å². The summed E-state index contributed by atoms with van der Waals surface area (Å²) in [5.74, 6) is 0. The van der Waals surface area contributed by atoms with Crippen molar-refractivity contribution in [1.82, 2.24) is 10.3 Å². The van der Waals surface area contributed by atoms with Crippen molar-refractivity contribution in [2.24, 2.45) is 0 Å². The lowest BCUT2D eigenvalue weighted by atomic mass is 9.95. The highest BCUT2D eigenvalue weighted by Crippen LogP contribution is 2.34. The smallest absolute Gasteiger partial charge is 0.317 e. The van der Waals surface area contributed by atoms with E-state index in [2.05, 4.69) is 10.3 Å². The summed E-state index contributed by atoms with van der Waals surface area (Å²) >= 11 is 1.58. The molecule has 1 saturated carbocycles. The Hall–Kier alpha value is -0.750. The molecule has 106 valence electrons. The van der Waals surface area contributed by atoms with Crippen LogP contribution in [0, 0.1) is 0 Å². The molecule has 2 atom stereocenters. The van der Waals surface area contributed by atoms with E-state index >= 15 is 0 Å². The summed E-state index contributed by atoms with van der Waals surface area (Å²) < 4.78 is 37.3. The number of rotatable bonds is 3. The molecular formula is C13H17F3N2S. The maximum atomic E-state index is 12.4. The van der Waals surface area contributed by atoms with Gasteiger partial charge < -0.3 is 5.32 Å². The SMILES string of the molecule is CNC1CCCC(Sc2ccc(C(F)(F)F)cn2)C1. The minimum atomic E-state index is -4.31. The largest absolute Gasteiger partial charge is 0.417 e. The molecule has 1 fully saturated rings. The molecule has 1 aromatic heterocycles. The Kier molecular flexibility index (Phi) is 4.73. The summed E-state index contributed by atoms with van der Waals surface area (Å²) in [6.45, 7) is 0. The average molecular weight is 290 g/mol. The molecule has 0 aliphatic heterocycles. The van der Waals surface area contributed by atoms with Gasteiger partial charge in [-0.2, -0.15) is 13.2 Å². The standard InChI is InChI=1S/C13H17F3N2S/c1-17-10-3-2-4-11(7-10)19-12-6-5-9(8-18-12)13(14,15)16/h5-6,8,10-11,17H,2-4,7H2,1H3. The highest BCUT2D eigenvalue weighted by Gasteiger charge is 2.31. The Morgan fingerprint density at radius 1 is 1.32 bits per heavy atom. The molecule has 0 saturated heterocycles. The molecule has 6 heteroatoms. The van der Waals surface area contributed by atoms with Gasteiger partial charge in [-0.3, -0.25) is 0 Å². The number of thioether (sulfide) groups is 1. The second-order valence-electron chi connectivity index (χ2n) is 4.77. The molecule has 1 aromatic rings. The normalized spacial score (nSPS) is 24.4. The van der Waals surface area contributed by atoms with Crippen LogP contribution < -0.4 is 5.32 Å². The fourth-order valence-electron chi connectivity index (χ4n) is 2.30. The van der Waals surface area contributed by atoms with Gasteiger partial charge in [-0.05, 0) is 38.4 Å². The van der Waals surface area contributed by atoms with Crippen LogP contribution in [0.1, 0.15) is 31.2 Å². The molecule has 2 unspecified atom stereocenters. The lowest BCUT2D eigenvalue weighted by Gasteiger charge is -2.28. The van der Waals surface area contributed by atoms with Gasteiger partial charge >= 0.3 is 6.18 Å². The number of nitrogens with one attached hydrogen (secondary N) is 1.